The predicted octanol–water partition coefficient (Wildman–Crippen LogP) is 4.85. The van der Waals surface area contributed by atoms with Crippen LogP contribution >= 0.6 is 11.6 Å². The molecule has 4 aromatic rings. The van der Waals surface area contributed by atoms with Gasteiger partial charge in [0, 0.05) is 23.0 Å². The third-order valence-corrected chi connectivity index (χ3v) is 4.64. The number of aryl methyl sites for hydroxylation is 1. The van der Waals surface area contributed by atoms with Gasteiger partial charge >= 0.3 is 0 Å². The Morgan fingerprint density at radius 2 is 1.93 bits per heavy atom. The highest BCUT2D eigenvalue weighted by Crippen LogP contribution is 2.30. The molecule has 28 heavy (non-hydrogen) atoms. The molecule has 6 nitrogen and oxygen atoms in total. The first-order valence-electron chi connectivity index (χ1n) is 8.61. The summed E-state index contributed by atoms with van der Waals surface area (Å²) in [6, 6.07) is 14.1. The third kappa shape index (κ3) is 3.54. The molecule has 0 aliphatic heterocycles. The number of benzene rings is 2. The van der Waals surface area contributed by atoms with Gasteiger partial charge in [0.05, 0.1) is 17.6 Å². The predicted molar refractivity (Wildman–Crippen MR) is 110 cm³/mol. The van der Waals surface area contributed by atoms with Crippen LogP contribution < -0.4 is 10.1 Å². The molecule has 2 N–H and O–H groups in total. The number of aromatic amines is 1. The van der Waals surface area contributed by atoms with Gasteiger partial charge in [0.25, 0.3) is 5.91 Å². The van der Waals surface area contributed by atoms with Crippen molar-refractivity contribution in [1.29, 1.82) is 0 Å². The molecule has 2 aromatic heterocycles. The summed E-state index contributed by atoms with van der Waals surface area (Å²) in [5.41, 5.74) is 4.31. The van der Waals surface area contributed by atoms with E-state index in [1.807, 2.05) is 13.0 Å². The fourth-order valence-electron chi connectivity index (χ4n) is 2.86. The minimum atomic E-state index is -0.224. The van der Waals surface area contributed by atoms with Crippen LogP contribution in [0.15, 0.2) is 54.7 Å². The second-order valence-corrected chi connectivity index (χ2v) is 6.75. The number of imidazole rings is 1. The number of aromatic nitrogens is 3. The van der Waals surface area contributed by atoms with E-state index in [0.29, 0.717) is 39.1 Å². The molecule has 0 fully saturated rings. The Hall–Kier alpha value is -3.38. The van der Waals surface area contributed by atoms with E-state index in [0.717, 1.165) is 11.1 Å². The number of H-pyrrole nitrogens is 1. The maximum atomic E-state index is 12.5. The zero-order valence-corrected chi connectivity index (χ0v) is 16.0. The fraction of sp³-hybridized carbons (Fsp3) is 0.0952. The first-order chi connectivity index (χ1) is 13.5. The molecule has 0 unspecified atom stereocenters. The molecule has 0 bridgehead atoms. The number of hydrogen-bond donors (Lipinski definition) is 2. The lowest BCUT2D eigenvalue weighted by Crippen LogP contribution is -2.11. The maximum absolute atomic E-state index is 12.5. The van der Waals surface area contributed by atoms with E-state index in [2.05, 4.69) is 20.3 Å². The van der Waals surface area contributed by atoms with Crippen molar-refractivity contribution < 1.29 is 9.53 Å². The molecule has 0 aliphatic rings. The lowest BCUT2D eigenvalue weighted by molar-refractivity contribution is 0.102. The minimum Gasteiger partial charge on any atom is -0.497 e. The Balaban J connectivity index is 1.63. The number of fused-ring (bicyclic) bond motifs is 1. The van der Waals surface area contributed by atoms with Gasteiger partial charge in [-0.25, -0.2) is 9.97 Å². The molecule has 140 valence electrons. The van der Waals surface area contributed by atoms with Gasteiger partial charge in [0.2, 0.25) is 0 Å². The SMILES string of the molecule is COc1ccc(C(=O)Nc2ccc(Cl)c(-c3nc4ncc(C)cc4[nH]3)c2)cc1. The summed E-state index contributed by atoms with van der Waals surface area (Å²) in [6.45, 7) is 1.97. The summed E-state index contributed by atoms with van der Waals surface area (Å²) in [6.07, 6.45) is 1.76. The standard InChI is InChI=1S/C21H17ClN4O2/c1-12-9-18-20(23-11-12)26-19(25-18)16-10-14(5-8-17(16)22)24-21(27)13-3-6-15(28-2)7-4-13/h3-11H,1-2H3,(H,24,27)(H,23,25,26). The maximum Gasteiger partial charge on any atom is 0.255 e. The summed E-state index contributed by atoms with van der Waals surface area (Å²) >= 11 is 6.37. The Labute approximate surface area is 166 Å². The van der Waals surface area contributed by atoms with Gasteiger partial charge in [-0.05, 0) is 61.0 Å². The number of hydrogen-bond acceptors (Lipinski definition) is 4. The van der Waals surface area contributed by atoms with Crippen molar-refractivity contribution >= 4 is 34.4 Å². The van der Waals surface area contributed by atoms with E-state index in [-0.39, 0.29) is 5.91 Å². The molecule has 0 radical (unpaired) electrons. The Bertz CT molecular complexity index is 1170. The Kier molecular flexibility index (Phi) is 4.71. The second-order valence-electron chi connectivity index (χ2n) is 6.35. The van der Waals surface area contributed by atoms with Crippen LogP contribution in [0.1, 0.15) is 15.9 Å². The molecule has 0 saturated carbocycles. The molecule has 4 rings (SSSR count). The lowest BCUT2D eigenvalue weighted by Gasteiger charge is -2.08. The minimum absolute atomic E-state index is 0.224. The van der Waals surface area contributed by atoms with Crippen LogP contribution in [-0.4, -0.2) is 28.0 Å². The van der Waals surface area contributed by atoms with Gasteiger partial charge in [0.1, 0.15) is 11.6 Å². The number of rotatable bonds is 4. The van der Waals surface area contributed by atoms with Gasteiger partial charge in [-0.15, -0.1) is 0 Å². The summed E-state index contributed by atoms with van der Waals surface area (Å²) in [4.78, 5) is 24.6. The highest BCUT2D eigenvalue weighted by Gasteiger charge is 2.13. The fourth-order valence-corrected chi connectivity index (χ4v) is 3.07. The van der Waals surface area contributed by atoms with E-state index in [9.17, 15) is 4.79 Å². The van der Waals surface area contributed by atoms with Crippen LogP contribution in [-0.2, 0) is 0 Å². The smallest absolute Gasteiger partial charge is 0.255 e. The number of carbonyl (C=O) groups is 1. The number of ether oxygens (including phenoxy) is 1. The first-order valence-corrected chi connectivity index (χ1v) is 8.99. The molecule has 2 heterocycles. The average molecular weight is 393 g/mol. The van der Waals surface area contributed by atoms with E-state index in [1.54, 1.807) is 55.8 Å². The van der Waals surface area contributed by atoms with Crippen LogP contribution in [0, 0.1) is 6.92 Å². The third-order valence-electron chi connectivity index (χ3n) is 4.31. The van der Waals surface area contributed by atoms with Crippen LogP contribution in [0.4, 0.5) is 5.69 Å². The molecule has 1 amide bonds. The van der Waals surface area contributed by atoms with Crippen molar-refractivity contribution in [3.63, 3.8) is 0 Å². The average Bonchev–Trinajstić information content (AvgIpc) is 3.12. The van der Waals surface area contributed by atoms with Gasteiger partial charge in [-0.1, -0.05) is 11.6 Å². The summed E-state index contributed by atoms with van der Waals surface area (Å²) < 4.78 is 5.12. The number of anilines is 1. The number of pyridine rings is 1. The van der Waals surface area contributed by atoms with Crippen molar-refractivity contribution in [2.45, 2.75) is 6.92 Å². The monoisotopic (exact) mass is 392 g/mol. The first kappa shape index (κ1) is 18.0. The van der Waals surface area contributed by atoms with Crippen molar-refractivity contribution in [2.24, 2.45) is 0 Å². The van der Waals surface area contributed by atoms with Gasteiger partial charge in [-0.2, -0.15) is 0 Å². The number of methoxy groups -OCH3 is 1. The highest BCUT2D eigenvalue weighted by atomic mass is 35.5. The molecular weight excluding hydrogens is 376 g/mol. The van der Waals surface area contributed by atoms with Crippen LogP contribution in [0.2, 0.25) is 5.02 Å². The summed E-state index contributed by atoms with van der Waals surface area (Å²) in [5, 5.41) is 3.41. The molecule has 7 heteroatoms. The molecule has 0 spiro atoms. The van der Waals surface area contributed by atoms with E-state index in [1.165, 1.54) is 0 Å². The molecular formula is C21H17ClN4O2. The molecule has 0 aliphatic carbocycles. The van der Waals surface area contributed by atoms with E-state index < -0.39 is 0 Å². The van der Waals surface area contributed by atoms with E-state index in [4.69, 9.17) is 16.3 Å². The van der Waals surface area contributed by atoms with Crippen LogP contribution in [0.5, 0.6) is 5.75 Å². The van der Waals surface area contributed by atoms with Gasteiger partial charge in [0.15, 0.2) is 5.65 Å². The largest absolute Gasteiger partial charge is 0.497 e. The van der Waals surface area contributed by atoms with Gasteiger partial charge in [-0.3, -0.25) is 4.79 Å². The Morgan fingerprint density at radius 3 is 2.68 bits per heavy atom. The topological polar surface area (TPSA) is 79.9 Å². The summed E-state index contributed by atoms with van der Waals surface area (Å²) in [7, 11) is 1.58. The number of halogens is 1. The zero-order valence-electron chi connectivity index (χ0n) is 15.3. The second kappa shape index (κ2) is 7.32. The Morgan fingerprint density at radius 1 is 1.14 bits per heavy atom. The molecule has 0 saturated heterocycles. The quantitative estimate of drug-likeness (QED) is 0.520. The van der Waals surface area contributed by atoms with Gasteiger partial charge < -0.3 is 15.0 Å². The van der Waals surface area contributed by atoms with E-state index >= 15 is 0 Å². The number of nitrogens with one attached hydrogen (secondary N) is 2. The van der Waals surface area contributed by atoms with Crippen molar-refractivity contribution in [1.82, 2.24) is 15.0 Å². The number of carbonyl (C=O) groups excluding carboxylic acids is 1. The number of nitrogens with zero attached hydrogens (tertiary/aromatic N) is 2. The van der Waals surface area contributed by atoms with Crippen LogP contribution in [0.25, 0.3) is 22.6 Å². The summed E-state index contributed by atoms with van der Waals surface area (Å²) in [5.74, 6) is 1.07. The lowest BCUT2D eigenvalue weighted by atomic mass is 10.1. The van der Waals surface area contributed by atoms with Crippen molar-refractivity contribution in [3.8, 4) is 17.1 Å². The van der Waals surface area contributed by atoms with Crippen LogP contribution in [0.3, 0.4) is 0 Å². The molecule has 0 atom stereocenters. The number of amides is 1. The molecule has 2 aromatic carbocycles. The van der Waals surface area contributed by atoms with Crippen molar-refractivity contribution in [3.05, 3.63) is 70.9 Å². The highest BCUT2D eigenvalue weighted by molar-refractivity contribution is 6.33. The zero-order chi connectivity index (χ0) is 19.7. The normalized spacial score (nSPS) is 10.8. The van der Waals surface area contributed by atoms with Crippen molar-refractivity contribution in [2.75, 3.05) is 12.4 Å².